The molecule has 2 aromatic rings. The largest absolute Gasteiger partial charge is 0.454 e. The molecule has 4 rings (SSSR count). The third-order valence-corrected chi connectivity index (χ3v) is 7.62. The van der Waals surface area contributed by atoms with Crippen LogP contribution < -0.4 is 14.4 Å². The summed E-state index contributed by atoms with van der Waals surface area (Å²) in [5.74, 6) is 1.39. The minimum atomic E-state index is -3.69. The van der Waals surface area contributed by atoms with Gasteiger partial charge < -0.3 is 19.3 Å². The van der Waals surface area contributed by atoms with Gasteiger partial charge in [0.1, 0.15) is 6.54 Å². The van der Waals surface area contributed by atoms with Gasteiger partial charge in [0.25, 0.3) is 0 Å². The lowest BCUT2D eigenvalue weighted by atomic mass is 10.1. The van der Waals surface area contributed by atoms with Gasteiger partial charge in [-0.25, -0.2) is 8.42 Å². The van der Waals surface area contributed by atoms with Gasteiger partial charge in [0, 0.05) is 12.6 Å². The zero-order valence-electron chi connectivity index (χ0n) is 17.8. The fraction of sp³-hybridized carbons (Fsp3) is 0.409. The Balaban J connectivity index is 1.29. The average Bonchev–Trinajstić information content (AvgIpc) is 3.22. The lowest BCUT2D eigenvalue weighted by Gasteiger charge is -2.33. The number of nitrogens with one attached hydrogen (secondary N) is 1. The standard InChI is InChI=1S/C22H27N3O5S/c1-17-3-6-19(7-4-17)31(27,28)23(2)15-22(26)25-11-9-24(10-12-25)14-18-5-8-20-21(13-18)30-16-29-20/h3-8,13H,9-12,14-16H2,1-2H3/p+1. The number of carbonyl (C=O) groups is 1. The highest BCUT2D eigenvalue weighted by Crippen LogP contribution is 2.32. The number of rotatable bonds is 6. The van der Waals surface area contributed by atoms with E-state index in [2.05, 4.69) is 0 Å². The van der Waals surface area contributed by atoms with E-state index in [-0.39, 0.29) is 24.1 Å². The maximum absolute atomic E-state index is 12.7. The molecule has 8 nitrogen and oxygen atoms in total. The van der Waals surface area contributed by atoms with Crippen molar-refractivity contribution in [2.45, 2.75) is 18.4 Å². The molecule has 2 aliphatic rings. The van der Waals surface area contributed by atoms with Crippen LogP contribution in [0.2, 0.25) is 0 Å². The van der Waals surface area contributed by atoms with Gasteiger partial charge in [-0.1, -0.05) is 17.7 Å². The van der Waals surface area contributed by atoms with Crippen LogP contribution in [-0.2, 0) is 21.4 Å². The van der Waals surface area contributed by atoms with Crippen LogP contribution in [0.4, 0.5) is 0 Å². The van der Waals surface area contributed by atoms with Gasteiger partial charge in [-0.15, -0.1) is 0 Å². The fourth-order valence-electron chi connectivity index (χ4n) is 3.85. The molecule has 1 saturated heterocycles. The molecule has 0 radical (unpaired) electrons. The van der Waals surface area contributed by atoms with Gasteiger partial charge in [-0.05, 0) is 37.3 Å². The molecule has 2 aliphatic heterocycles. The first-order valence-electron chi connectivity index (χ1n) is 10.4. The zero-order valence-corrected chi connectivity index (χ0v) is 18.7. The topological polar surface area (TPSA) is 80.6 Å². The van der Waals surface area contributed by atoms with Crippen LogP contribution in [0.25, 0.3) is 0 Å². The third kappa shape index (κ3) is 4.84. The zero-order chi connectivity index (χ0) is 22.0. The van der Waals surface area contributed by atoms with Crippen LogP contribution in [0.3, 0.4) is 0 Å². The van der Waals surface area contributed by atoms with Crippen LogP contribution in [0.5, 0.6) is 11.5 Å². The predicted octanol–water partition coefficient (Wildman–Crippen LogP) is 0.272. The first-order chi connectivity index (χ1) is 14.8. The Morgan fingerprint density at radius 2 is 1.74 bits per heavy atom. The highest BCUT2D eigenvalue weighted by molar-refractivity contribution is 7.89. The second-order valence-corrected chi connectivity index (χ2v) is 10.1. The Labute approximate surface area is 183 Å². The highest BCUT2D eigenvalue weighted by Gasteiger charge is 2.28. The van der Waals surface area contributed by atoms with Gasteiger partial charge in [0.15, 0.2) is 11.5 Å². The van der Waals surface area contributed by atoms with Crippen molar-refractivity contribution in [2.24, 2.45) is 0 Å². The number of piperazine rings is 1. The molecular formula is C22H28N3O5S+. The number of hydrogen-bond acceptors (Lipinski definition) is 5. The maximum atomic E-state index is 12.7. The van der Waals surface area contributed by atoms with E-state index in [4.69, 9.17) is 9.47 Å². The number of fused-ring (bicyclic) bond motifs is 1. The number of nitrogens with zero attached hydrogens (tertiary/aromatic N) is 2. The summed E-state index contributed by atoms with van der Waals surface area (Å²) in [6.07, 6.45) is 0. The monoisotopic (exact) mass is 446 g/mol. The molecule has 0 bridgehead atoms. The molecule has 166 valence electrons. The summed E-state index contributed by atoms with van der Waals surface area (Å²) in [7, 11) is -2.23. The second kappa shape index (κ2) is 8.86. The van der Waals surface area contributed by atoms with Crippen molar-refractivity contribution in [3.8, 4) is 11.5 Å². The van der Waals surface area contributed by atoms with Crippen LogP contribution in [0, 0.1) is 6.92 Å². The van der Waals surface area contributed by atoms with Gasteiger partial charge in [-0.2, -0.15) is 4.31 Å². The van der Waals surface area contributed by atoms with Crippen molar-refractivity contribution in [3.63, 3.8) is 0 Å². The Bertz CT molecular complexity index is 1050. The lowest BCUT2D eigenvalue weighted by Crippen LogP contribution is -3.13. The van der Waals surface area contributed by atoms with E-state index in [1.165, 1.54) is 17.5 Å². The molecule has 2 heterocycles. The molecular weight excluding hydrogens is 418 g/mol. The summed E-state index contributed by atoms with van der Waals surface area (Å²) in [6, 6.07) is 12.6. The number of aryl methyl sites for hydroxylation is 1. The number of amides is 1. The van der Waals surface area contributed by atoms with E-state index in [0.717, 1.165) is 41.0 Å². The van der Waals surface area contributed by atoms with E-state index in [1.807, 2.05) is 25.1 Å². The Morgan fingerprint density at radius 3 is 2.45 bits per heavy atom. The van der Waals surface area contributed by atoms with Crippen LogP contribution in [0.1, 0.15) is 11.1 Å². The molecule has 0 spiro atoms. The van der Waals surface area contributed by atoms with Crippen molar-refractivity contribution in [2.75, 3.05) is 46.6 Å². The SMILES string of the molecule is Cc1ccc(S(=O)(=O)N(C)CC(=O)N2CC[NH+](Cc3ccc4c(c3)OCO4)CC2)cc1. The second-order valence-electron chi connectivity index (χ2n) is 8.07. The quantitative estimate of drug-likeness (QED) is 0.689. The molecule has 0 saturated carbocycles. The molecule has 2 aromatic carbocycles. The van der Waals surface area contributed by atoms with Gasteiger partial charge in [0.2, 0.25) is 22.7 Å². The number of hydrogen-bond donors (Lipinski definition) is 1. The van der Waals surface area contributed by atoms with Crippen LogP contribution >= 0.6 is 0 Å². The molecule has 0 aromatic heterocycles. The van der Waals surface area contributed by atoms with E-state index in [9.17, 15) is 13.2 Å². The molecule has 9 heteroatoms. The van der Waals surface area contributed by atoms with Crippen molar-refractivity contribution >= 4 is 15.9 Å². The number of likely N-dealkylation sites (N-methyl/N-ethyl adjacent to an activating group) is 1. The summed E-state index contributed by atoms with van der Waals surface area (Å²) >= 11 is 0. The Hall–Kier alpha value is -2.62. The van der Waals surface area contributed by atoms with E-state index in [1.54, 1.807) is 29.2 Å². The first-order valence-corrected chi connectivity index (χ1v) is 11.8. The van der Waals surface area contributed by atoms with Crippen molar-refractivity contribution in [1.29, 1.82) is 0 Å². The minimum absolute atomic E-state index is 0.159. The molecule has 0 atom stereocenters. The number of quaternary nitrogens is 1. The predicted molar refractivity (Wildman–Crippen MR) is 115 cm³/mol. The smallest absolute Gasteiger partial charge is 0.243 e. The van der Waals surface area contributed by atoms with Crippen molar-refractivity contribution in [3.05, 3.63) is 53.6 Å². The van der Waals surface area contributed by atoms with E-state index >= 15 is 0 Å². The summed E-state index contributed by atoms with van der Waals surface area (Å²) < 4.78 is 37.4. The molecule has 1 fully saturated rings. The molecule has 31 heavy (non-hydrogen) atoms. The Morgan fingerprint density at radius 1 is 1.06 bits per heavy atom. The van der Waals surface area contributed by atoms with Crippen LogP contribution in [0.15, 0.2) is 47.4 Å². The molecule has 1 N–H and O–H groups in total. The fourth-order valence-corrected chi connectivity index (χ4v) is 4.97. The van der Waals surface area contributed by atoms with E-state index in [0.29, 0.717) is 13.1 Å². The van der Waals surface area contributed by atoms with Crippen molar-refractivity contribution in [1.82, 2.24) is 9.21 Å². The maximum Gasteiger partial charge on any atom is 0.243 e. The van der Waals surface area contributed by atoms with Gasteiger partial charge in [0.05, 0.1) is 37.6 Å². The van der Waals surface area contributed by atoms with E-state index < -0.39 is 10.0 Å². The third-order valence-electron chi connectivity index (χ3n) is 5.80. The molecule has 1 amide bonds. The summed E-state index contributed by atoms with van der Waals surface area (Å²) in [4.78, 5) is 16.0. The number of benzene rings is 2. The van der Waals surface area contributed by atoms with Crippen molar-refractivity contribution < 1.29 is 27.6 Å². The number of carbonyl (C=O) groups excluding carboxylic acids is 1. The van der Waals surface area contributed by atoms with Gasteiger partial charge in [-0.3, -0.25) is 4.79 Å². The first kappa shape index (κ1) is 21.6. The normalized spacial score (nSPS) is 16.7. The molecule has 0 aliphatic carbocycles. The lowest BCUT2D eigenvalue weighted by molar-refractivity contribution is -0.917. The average molecular weight is 447 g/mol. The minimum Gasteiger partial charge on any atom is -0.454 e. The number of sulfonamides is 1. The van der Waals surface area contributed by atoms with Gasteiger partial charge >= 0.3 is 0 Å². The Kier molecular flexibility index (Phi) is 6.17. The molecule has 0 unspecified atom stereocenters. The number of ether oxygens (including phenoxy) is 2. The van der Waals surface area contributed by atoms with Crippen LogP contribution in [-0.4, -0.2) is 70.1 Å². The highest BCUT2D eigenvalue weighted by atomic mass is 32.2. The summed E-state index contributed by atoms with van der Waals surface area (Å²) in [5.41, 5.74) is 2.15. The summed E-state index contributed by atoms with van der Waals surface area (Å²) in [5, 5.41) is 0. The summed E-state index contributed by atoms with van der Waals surface area (Å²) in [6.45, 7) is 5.70.